The monoisotopic (exact) mass is 236 g/mol. The summed E-state index contributed by atoms with van der Waals surface area (Å²) in [5.41, 5.74) is 9.42. The first-order valence-electron chi connectivity index (χ1n) is 6.27. The second-order valence-electron chi connectivity index (χ2n) is 4.70. The van der Waals surface area contributed by atoms with Crippen molar-refractivity contribution >= 4 is 5.69 Å². The molecule has 3 nitrogen and oxygen atoms in total. The maximum absolute atomic E-state index is 8.96. The number of aryl methyl sites for hydroxylation is 1. The lowest BCUT2D eigenvalue weighted by atomic mass is 10.1. The van der Waals surface area contributed by atoms with Crippen LogP contribution in [0.4, 0.5) is 5.69 Å². The molecule has 1 rings (SSSR count). The van der Waals surface area contributed by atoms with Gasteiger partial charge >= 0.3 is 0 Å². The molecule has 0 spiro atoms. The second kappa shape index (κ2) is 6.62. The first-order valence-corrected chi connectivity index (χ1v) is 6.27. The van der Waals surface area contributed by atoms with Crippen molar-refractivity contribution in [2.75, 3.05) is 18.1 Å². The molecule has 0 unspecified atom stereocenters. The Kier molecular flexibility index (Phi) is 5.45. The highest BCUT2D eigenvalue weighted by molar-refractivity contribution is 5.55. The van der Waals surface area contributed by atoms with Gasteiger partial charge in [-0.15, -0.1) is 0 Å². The van der Waals surface area contributed by atoms with Crippen LogP contribution >= 0.6 is 0 Å². The molecule has 0 amide bonds. The maximum atomic E-state index is 8.96. The van der Waals surface area contributed by atoms with Crippen molar-refractivity contribution in [3.05, 3.63) is 29.3 Å². The SMILES string of the molecule is Cc1ccc(N(CCCO)C(C)C)c(CN)c1. The van der Waals surface area contributed by atoms with Crippen LogP contribution in [0.1, 0.15) is 31.4 Å². The van der Waals surface area contributed by atoms with Crippen molar-refractivity contribution in [3.8, 4) is 0 Å². The third-order valence-corrected chi connectivity index (χ3v) is 2.94. The first kappa shape index (κ1) is 14.0. The zero-order valence-corrected chi connectivity index (χ0v) is 11.1. The molecule has 17 heavy (non-hydrogen) atoms. The van der Waals surface area contributed by atoms with Crippen LogP contribution < -0.4 is 10.6 Å². The lowest BCUT2D eigenvalue weighted by Crippen LogP contribution is -2.33. The zero-order chi connectivity index (χ0) is 12.8. The smallest absolute Gasteiger partial charge is 0.0447 e. The summed E-state index contributed by atoms with van der Waals surface area (Å²) >= 11 is 0. The minimum absolute atomic E-state index is 0.229. The fourth-order valence-electron chi connectivity index (χ4n) is 2.06. The molecule has 0 heterocycles. The molecule has 1 aromatic rings. The maximum Gasteiger partial charge on any atom is 0.0447 e. The molecule has 0 saturated heterocycles. The second-order valence-corrected chi connectivity index (χ2v) is 4.70. The molecular weight excluding hydrogens is 212 g/mol. The molecule has 1 aromatic carbocycles. The van der Waals surface area contributed by atoms with Crippen LogP contribution in [0, 0.1) is 6.92 Å². The van der Waals surface area contributed by atoms with E-state index in [4.69, 9.17) is 10.8 Å². The quantitative estimate of drug-likeness (QED) is 0.795. The number of hydrogen-bond donors (Lipinski definition) is 2. The Morgan fingerprint density at radius 1 is 1.35 bits per heavy atom. The minimum atomic E-state index is 0.229. The van der Waals surface area contributed by atoms with Crippen molar-refractivity contribution < 1.29 is 5.11 Å². The normalized spacial score (nSPS) is 10.9. The van der Waals surface area contributed by atoms with Gasteiger partial charge in [0.1, 0.15) is 0 Å². The third kappa shape index (κ3) is 3.72. The molecule has 3 heteroatoms. The number of nitrogens with zero attached hydrogens (tertiary/aromatic N) is 1. The summed E-state index contributed by atoms with van der Waals surface area (Å²) in [6.07, 6.45) is 0.788. The number of aliphatic hydroxyl groups excluding tert-OH is 1. The van der Waals surface area contributed by atoms with Crippen molar-refractivity contribution in [3.63, 3.8) is 0 Å². The lowest BCUT2D eigenvalue weighted by molar-refractivity contribution is 0.288. The van der Waals surface area contributed by atoms with E-state index in [1.165, 1.54) is 16.8 Å². The molecule has 0 saturated carbocycles. The highest BCUT2D eigenvalue weighted by atomic mass is 16.3. The highest BCUT2D eigenvalue weighted by Crippen LogP contribution is 2.23. The van der Waals surface area contributed by atoms with E-state index in [-0.39, 0.29) is 6.61 Å². The van der Waals surface area contributed by atoms with Gasteiger partial charge in [0.25, 0.3) is 0 Å². The van der Waals surface area contributed by atoms with Crippen molar-refractivity contribution in [1.29, 1.82) is 0 Å². The molecule has 0 aliphatic heterocycles. The average Bonchev–Trinajstić information content (AvgIpc) is 2.30. The Bertz CT molecular complexity index is 350. The van der Waals surface area contributed by atoms with Crippen LogP contribution in [0.25, 0.3) is 0 Å². The van der Waals surface area contributed by atoms with Gasteiger partial charge in [-0.05, 0) is 38.8 Å². The van der Waals surface area contributed by atoms with Crippen LogP contribution in [0.15, 0.2) is 18.2 Å². The highest BCUT2D eigenvalue weighted by Gasteiger charge is 2.13. The summed E-state index contributed by atoms with van der Waals surface area (Å²) in [6, 6.07) is 6.80. The van der Waals surface area contributed by atoms with Crippen LogP contribution in [0.2, 0.25) is 0 Å². The van der Waals surface area contributed by atoms with Crippen LogP contribution in [-0.4, -0.2) is 24.3 Å². The van der Waals surface area contributed by atoms with Crippen LogP contribution in [-0.2, 0) is 6.54 Å². The number of rotatable bonds is 6. The topological polar surface area (TPSA) is 49.5 Å². The molecule has 0 radical (unpaired) electrons. The standard InChI is InChI=1S/C14H24N2O/c1-11(2)16(7-4-8-17)14-6-5-12(3)9-13(14)10-15/h5-6,9,11,17H,4,7-8,10,15H2,1-3H3. The number of aliphatic hydroxyl groups is 1. The fourth-order valence-corrected chi connectivity index (χ4v) is 2.06. The number of anilines is 1. The summed E-state index contributed by atoms with van der Waals surface area (Å²) in [6.45, 7) is 8.06. The Labute approximate surface area is 104 Å². The van der Waals surface area contributed by atoms with E-state index in [2.05, 4.69) is 43.9 Å². The van der Waals surface area contributed by atoms with Gasteiger partial charge in [-0.1, -0.05) is 17.7 Å². The third-order valence-electron chi connectivity index (χ3n) is 2.94. The Balaban J connectivity index is 3.00. The van der Waals surface area contributed by atoms with Gasteiger partial charge in [-0.3, -0.25) is 0 Å². The van der Waals surface area contributed by atoms with Gasteiger partial charge in [0.2, 0.25) is 0 Å². The Hall–Kier alpha value is -1.06. The molecule has 0 aliphatic rings. The molecule has 3 N–H and O–H groups in total. The van der Waals surface area contributed by atoms with Gasteiger partial charge in [0, 0.05) is 31.4 Å². The van der Waals surface area contributed by atoms with Crippen molar-refractivity contribution in [2.45, 2.75) is 39.8 Å². The zero-order valence-electron chi connectivity index (χ0n) is 11.1. The minimum Gasteiger partial charge on any atom is -0.396 e. The lowest BCUT2D eigenvalue weighted by Gasteiger charge is -2.31. The molecule has 0 fully saturated rings. The van der Waals surface area contributed by atoms with E-state index in [1.807, 2.05) is 0 Å². The van der Waals surface area contributed by atoms with Crippen molar-refractivity contribution in [1.82, 2.24) is 0 Å². The van der Waals surface area contributed by atoms with E-state index < -0.39 is 0 Å². The molecule has 96 valence electrons. The van der Waals surface area contributed by atoms with Crippen LogP contribution in [0.3, 0.4) is 0 Å². The molecule has 0 atom stereocenters. The predicted octanol–water partition coefficient (Wildman–Crippen LogP) is 2.05. The summed E-state index contributed by atoms with van der Waals surface area (Å²) in [4.78, 5) is 2.30. The van der Waals surface area contributed by atoms with Gasteiger partial charge in [0.05, 0.1) is 0 Å². The number of benzene rings is 1. The molecular formula is C14H24N2O. The van der Waals surface area contributed by atoms with Gasteiger partial charge < -0.3 is 15.7 Å². The molecule has 0 aromatic heterocycles. The first-order chi connectivity index (χ1) is 8.10. The van der Waals surface area contributed by atoms with E-state index in [0.29, 0.717) is 12.6 Å². The summed E-state index contributed by atoms with van der Waals surface area (Å²) in [7, 11) is 0. The Morgan fingerprint density at radius 3 is 2.59 bits per heavy atom. The summed E-state index contributed by atoms with van der Waals surface area (Å²) in [5, 5.41) is 8.96. The van der Waals surface area contributed by atoms with E-state index >= 15 is 0 Å². The van der Waals surface area contributed by atoms with E-state index in [1.54, 1.807) is 0 Å². The van der Waals surface area contributed by atoms with Crippen molar-refractivity contribution in [2.24, 2.45) is 5.73 Å². The number of hydrogen-bond acceptors (Lipinski definition) is 3. The summed E-state index contributed by atoms with van der Waals surface area (Å²) < 4.78 is 0. The van der Waals surface area contributed by atoms with Gasteiger partial charge in [0.15, 0.2) is 0 Å². The average molecular weight is 236 g/mol. The molecule has 0 aliphatic carbocycles. The molecule has 0 bridgehead atoms. The Morgan fingerprint density at radius 2 is 2.06 bits per heavy atom. The predicted molar refractivity (Wildman–Crippen MR) is 73.3 cm³/mol. The van der Waals surface area contributed by atoms with Gasteiger partial charge in [-0.2, -0.15) is 0 Å². The fraction of sp³-hybridized carbons (Fsp3) is 0.571. The number of nitrogens with two attached hydrogens (primary N) is 1. The van der Waals surface area contributed by atoms with E-state index in [9.17, 15) is 0 Å². The van der Waals surface area contributed by atoms with Crippen LogP contribution in [0.5, 0.6) is 0 Å². The summed E-state index contributed by atoms with van der Waals surface area (Å²) in [5.74, 6) is 0. The largest absolute Gasteiger partial charge is 0.396 e. The van der Waals surface area contributed by atoms with E-state index in [0.717, 1.165) is 13.0 Å². The van der Waals surface area contributed by atoms with Gasteiger partial charge in [-0.25, -0.2) is 0 Å².